The van der Waals surface area contributed by atoms with Crippen LogP contribution in [-0.4, -0.2) is 27.6 Å². The van der Waals surface area contributed by atoms with Gasteiger partial charge in [0.25, 0.3) is 0 Å². The Bertz CT molecular complexity index is 574. The van der Waals surface area contributed by atoms with Crippen LogP contribution in [0, 0.1) is 0 Å². The van der Waals surface area contributed by atoms with Crippen molar-refractivity contribution >= 4 is 38.6 Å². The number of hydrogen-bond donors (Lipinski definition) is 2. The summed E-state index contributed by atoms with van der Waals surface area (Å²) in [6, 6.07) is 3.73. The molecule has 0 aliphatic carbocycles. The molecule has 0 unspecified atom stereocenters. The van der Waals surface area contributed by atoms with E-state index in [2.05, 4.69) is 31.2 Å². The van der Waals surface area contributed by atoms with Crippen molar-refractivity contribution in [2.45, 2.75) is 12.8 Å². The number of aliphatic carboxylic acids is 1. The molecule has 2 heterocycles. The van der Waals surface area contributed by atoms with E-state index in [9.17, 15) is 4.79 Å². The zero-order valence-electron chi connectivity index (χ0n) is 9.56. The van der Waals surface area contributed by atoms with Gasteiger partial charge >= 0.3 is 5.97 Å². The molecule has 18 heavy (non-hydrogen) atoms. The second-order valence-corrected chi connectivity index (χ2v) is 4.72. The fraction of sp³-hybridized carbons (Fsp3) is 0.250. The molecule has 2 aromatic heterocycles. The van der Waals surface area contributed by atoms with Gasteiger partial charge in [-0.05, 0) is 34.5 Å². The van der Waals surface area contributed by atoms with E-state index in [1.165, 1.54) is 0 Å². The molecule has 5 nitrogen and oxygen atoms in total. The molecule has 0 aromatic carbocycles. The van der Waals surface area contributed by atoms with E-state index >= 15 is 0 Å². The molecule has 0 atom stereocenters. The van der Waals surface area contributed by atoms with E-state index in [0.717, 1.165) is 21.2 Å². The Kier molecular flexibility index (Phi) is 4.09. The molecule has 2 rings (SSSR count). The maximum absolute atomic E-state index is 10.4. The fourth-order valence-corrected chi connectivity index (χ4v) is 1.93. The molecule has 2 N–H and O–H groups in total. The van der Waals surface area contributed by atoms with E-state index in [1.807, 2.05) is 12.1 Å². The molecule has 0 saturated carbocycles. The minimum Gasteiger partial charge on any atom is -0.481 e. The topological polar surface area (TPSA) is 75.1 Å². The number of nitrogens with one attached hydrogen (secondary N) is 1. The van der Waals surface area contributed by atoms with Crippen LogP contribution in [0.4, 0.5) is 5.69 Å². The molecule has 6 heteroatoms. The van der Waals surface area contributed by atoms with Gasteiger partial charge in [-0.2, -0.15) is 0 Å². The van der Waals surface area contributed by atoms with Gasteiger partial charge in [0.2, 0.25) is 0 Å². The average Bonchev–Trinajstić information content (AvgIpc) is 2.34. The second kappa shape index (κ2) is 5.77. The lowest BCUT2D eigenvalue weighted by atomic mass is 10.2. The van der Waals surface area contributed by atoms with Gasteiger partial charge in [0.15, 0.2) is 0 Å². The van der Waals surface area contributed by atoms with E-state index in [1.54, 1.807) is 12.4 Å². The highest BCUT2D eigenvalue weighted by Crippen LogP contribution is 2.21. The molecular formula is C12H12BrN3O2. The van der Waals surface area contributed by atoms with Crippen molar-refractivity contribution in [3.63, 3.8) is 0 Å². The number of carboxylic acid groups (broad SMARTS) is 1. The Labute approximate surface area is 112 Å². The summed E-state index contributed by atoms with van der Waals surface area (Å²) in [7, 11) is 0. The lowest BCUT2D eigenvalue weighted by Crippen LogP contribution is -2.05. The number of fused-ring (bicyclic) bond motifs is 1. The highest BCUT2D eigenvalue weighted by atomic mass is 79.9. The van der Waals surface area contributed by atoms with Crippen molar-refractivity contribution in [1.82, 2.24) is 9.97 Å². The Morgan fingerprint density at radius 1 is 1.44 bits per heavy atom. The molecule has 0 aliphatic rings. The van der Waals surface area contributed by atoms with E-state index in [4.69, 9.17) is 5.11 Å². The molecule has 0 aliphatic heterocycles. The van der Waals surface area contributed by atoms with Crippen LogP contribution < -0.4 is 5.32 Å². The third-order valence-corrected chi connectivity index (χ3v) is 2.86. The number of anilines is 1. The van der Waals surface area contributed by atoms with Gasteiger partial charge in [-0.3, -0.25) is 14.8 Å². The SMILES string of the molecule is O=C(O)CCCNc1ccnc2cc(Br)cnc12. The van der Waals surface area contributed by atoms with Crippen LogP contribution in [0.5, 0.6) is 0 Å². The normalized spacial score (nSPS) is 10.5. The van der Waals surface area contributed by atoms with Gasteiger partial charge in [-0.1, -0.05) is 0 Å². The van der Waals surface area contributed by atoms with E-state index in [-0.39, 0.29) is 6.42 Å². The molecule has 0 radical (unpaired) electrons. The Morgan fingerprint density at radius 3 is 3.06 bits per heavy atom. The lowest BCUT2D eigenvalue weighted by Gasteiger charge is -2.07. The quantitative estimate of drug-likeness (QED) is 0.831. The standard InChI is InChI=1S/C12H12BrN3O2/c13-8-6-10-12(16-7-8)9(3-5-15-10)14-4-1-2-11(17)18/h3,5-7H,1-2,4H2,(H,14,15)(H,17,18). The monoisotopic (exact) mass is 309 g/mol. The van der Waals surface area contributed by atoms with Crippen molar-refractivity contribution in [1.29, 1.82) is 0 Å². The summed E-state index contributed by atoms with van der Waals surface area (Å²) in [6.07, 6.45) is 4.16. The summed E-state index contributed by atoms with van der Waals surface area (Å²) in [5.41, 5.74) is 2.46. The van der Waals surface area contributed by atoms with Crippen LogP contribution in [0.2, 0.25) is 0 Å². The summed E-state index contributed by atoms with van der Waals surface area (Å²) in [5, 5.41) is 11.7. The predicted octanol–water partition coefficient (Wildman–Crippen LogP) is 2.67. The van der Waals surface area contributed by atoms with E-state index < -0.39 is 5.97 Å². The van der Waals surface area contributed by atoms with Crippen molar-refractivity contribution in [2.24, 2.45) is 0 Å². The van der Waals surface area contributed by atoms with Gasteiger partial charge in [0.05, 0.1) is 11.2 Å². The average molecular weight is 310 g/mol. The molecule has 94 valence electrons. The molecule has 2 aromatic rings. The molecule has 0 fully saturated rings. The van der Waals surface area contributed by atoms with Crippen LogP contribution in [0.25, 0.3) is 11.0 Å². The van der Waals surface area contributed by atoms with Crippen molar-refractivity contribution in [2.75, 3.05) is 11.9 Å². The number of carboxylic acids is 1. The molecule has 0 amide bonds. The molecule has 0 spiro atoms. The number of rotatable bonds is 5. The number of carbonyl (C=O) groups is 1. The highest BCUT2D eigenvalue weighted by Gasteiger charge is 2.04. The van der Waals surface area contributed by atoms with Gasteiger partial charge in [-0.15, -0.1) is 0 Å². The smallest absolute Gasteiger partial charge is 0.303 e. The van der Waals surface area contributed by atoms with Gasteiger partial charge in [0.1, 0.15) is 5.52 Å². The van der Waals surface area contributed by atoms with Crippen LogP contribution in [0.1, 0.15) is 12.8 Å². The van der Waals surface area contributed by atoms with Crippen molar-refractivity contribution < 1.29 is 9.90 Å². The second-order valence-electron chi connectivity index (χ2n) is 3.80. The van der Waals surface area contributed by atoms with Crippen LogP contribution in [0.15, 0.2) is 29.0 Å². The molecular weight excluding hydrogens is 298 g/mol. The van der Waals surface area contributed by atoms with Gasteiger partial charge in [-0.25, -0.2) is 0 Å². The number of nitrogens with zero attached hydrogens (tertiary/aromatic N) is 2. The largest absolute Gasteiger partial charge is 0.481 e. The minimum absolute atomic E-state index is 0.162. The van der Waals surface area contributed by atoms with Crippen LogP contribution in [-0.2, 0) is 4.79 Å². The summed E-state index contributed by atoms with van der Waals surface area (Å²) in [4.78, 5) is 18.9. The fourth-order valence-electron chi connectivity index (χ4n) is 1.61. The number of aromatic nitrogens is 2. The Balaban J connectivity index is 2.11. The first kappa shape index (κ1) is 12.8. The van der Waals surface area contributed by atoms with Crippen LogP contribution >= 0.6 is 15.9 Å². The first-order valence-electron chi connectivity index (χ1n) is 5.53. The summed E-state index contributed by atoms with van der Waals surface area (Å²) in [5.74, 6) is -0.779. The third-order valence-electron chi connectivity index (χ3n) is 2.43. The summed E-state index contributed by atoms with van der Waals surface area (Å²) >= 11 is 3.35. The minimum atomic E-state index is -0.779. The Hall–Kier alpha value is -1.69. The zero-order valence-corrected chi connectivity index (χ0v) is 11.1. The summed E-state index contributed by atoms with van der Waals surface area (Å²) < 4.78 is 0.880. The lowest BCUT2D eigenvalue weighted by molar-refractivity contribution is -0.137. The first-order chi connectivity index (χ1) is 8.66. The van der Waals surface area contributed by atoms with E-state index in [0.29, 0.717) is 13.0 Å². The van der Waals surface area contributed by atoms with Crippen molar-refractivity contribution in [3.8, 4) is 0 Å². The van der Waals surface area contributed by atoms with Crippen molar-refractivity contribution in [3.05, 3.63) is 29.0 Å². The van der Waals surface area contributed by atoms with Crippen LogP contribution in [0.3, 0.4) is 0 Å². The number of pyridine rings is 2. The third kappa shape index (κ3) is 3.16. The van der Waals surface area contributed by atoms with Gasteiger partial charge in [0, 0.05) is 29.8 Å². The maximum atomic E-state index is 10.4. The van der Waals surface area contributed by atoms with Gasteiger partial charge < -0.3 is 10.4 Å². The highest BCUT2D eigenvalue weighted by molar-refractivity contribution is 9.10. The predicted molar refractivity (Wildman–Crippen MR) is 72.6 cm³/mol. The number of hydrogen-bond acceptors (Lipinski definition) is 4. The number of halogens is 1. The zero-order chi connectivity index (χ0) is 13.0. The molecule has 0 saturated heterocycles. The first-order valence-corrected chi connectivity index (χ1v) is 6.32. The maximum Gasteiger partial charge on any atom is 0.303 e. The summed E-state index contributed by atoms with van der Waals surface area (Å²) in [6.45, 7) is 0.600. The Morgan fingerprint density at radius 2 is 2.28 bits per heavy atom. The molecule has 0 bridgehead atoms.